The molecular weight excluding hydrogens is 325 g/mol. The molecule has 1 aromatic rings. The van der Waals surface area contributed by atoms with Crippen molar-refractivity contribution in [3.05, 3.63) is 28.5 Å². The number of aliphatic hydroxyl groups is 1. The van der Waals surface area contributed by atoms with Crippen molar-refractivity contribution >= 4 is 26.0 Å². The minimum Gasteiger partial charge on any atom is -0.395 e. The van der Waals surface area contributed by atoms with Crippen LogP contribution in [0.1, 0.15) is 12.8 Å². The van der Waals surface area contributed by atoms with E-state index in [9.17, 15) is 17.9 Å². The van der Waals surface area contributed by atoms with E-state index in [1.807, 2.05) is 0 Å². The molecule has 1 fully saturated rings. The van der Waals surface area contributed by atoms with Gasteiger partial charge in [-0.2, -0.15) is 4.31 Å². The molecule has 7 heteroatoms. The fourth-order valence-corrected chi connectivity index (χ4v) is 4.73. The van der Waals surface area contributed by atoms with Crippen LogP contribution < -0.4 is 0 Å². The maximum absolute atomic E-state index is 13.2. The van der Waals surface area contributed by atoms with Crippen LogP contribution in [0, 0.1) is 5.82 Å². The Kier molecular flexibility index (Phi) is 4.05. The Morgan fingerprint density at radius 3 is 2.89 bits per heavy atom. The van der Waals surface area contributed by atoms with Gasteiger partial charge in [0.05, 0.1) is 11.5 Å². The second-order valence-electron chi connectivity index (χ2n) is 4.17. The molecule has 0 aliphatic carbocycles. The molecule has 0 aromatic heterocycles. The highest BCUT2D eigenvalue weighted by molar-refractivity contribution is 9.10. The lowest BCUT2D eigenvalue weighted by molar-refractivity contribution is 0.213. The van der Waals surface area contributed by atoms with Gasteiger partial charge in [0.2, 0.25) is 10.0 Å². The standard InChI is InChI=1S/C11H13BrFNO3S/c12-10-4-3-8(13)6-11(10)18(16,17)14-5-1-2-9(14)7-15/h3-4,6,9,15H,1-2,5,7H2/t9-/m1/s1. The predicted octanol–water partition coefficient (Wildman–Crippen LogP) is 1.73. The van der Waals surface area contributed by atoms with Gasteiger partial charge in [0.1, 0.15) is 5.82 Å². The quantitative estimate of drug-likeness (QED) is 0.913. The van der Waals surface area contributed by atoms with Gasteiger partial charge in [0.15, 0.2) is 0 Å². The summed E-state index contributed by atoms with van der Waals surface area (Å²) in [6.07, 6.45) is 1.33. The Bertz CT molecular complexity index is 549. The van der Waals surface area contributed by atoms with Crippen LogP contribution in [0.5, 0.6) is 0 Å². The fraction of sp³-hybridized carbons (Fsp3) is 0.455. The van der Waals surface area contributed by atoms with Gasteiger partial charge in [-0.05, 0) is 47.0 Å². The maximum Gasteiger partial charge on any atom is 0.244 e. The van der Waals surface area contributed by atoms with Crippen LogP contribution in [0.4, 0.5) is 4.39 Å². The summed E-state index contributed by atoms with van der Waals surface area (Å²) in [7, 11) is -3.77. The summed E-state index contributed by atoms with van der Waals surface area (Å²) < 4.78 is 39.5. The first-order valence-electron chi connectivity index (χ1n) is 5.54. The first kappa shape index (κ1) is 13.9. The number of aliphatic hydroxyl groups excluding tert-OH is 1. The van der Waals surface area contributed by atoms with E-state index in [2.05, 4.69) is 15.9 Å². The average molecular weight is 338 g/mol. The molecule has 1 aromatic carbocycles. The molecule has 0 bridgehead atoms. The SMILES string of the molecule is O=S(=O)(c1cc(F)ccc1Br)N1CCC[C@@H]1CO. The lowest BCUT2D eigenvalue weighted by atomic mass is 10.2. The Hall–Kier alpha value is -0.500. The molecule has 1 atom stereocenters. The van der Waals surface area contributed by atoms with Crippen LogP contribution in [0.15, 0.2) is 27.6 Å². The Labute approximate surface area is 114 Å². The predicted molar refractivity (Wildman–Crippen MR) is 68.1 cm³/mol. The van der Waals surface area contributed by atoms with E-state index in [-0.39, 0.29) is 11.5 Å². The molecule has 0 spiro atoms. The van der Waals surface area contributed by atoms with Crippen LogP contribution in [0.2, 0.25) is 0 Å². The zero-order valence-electron chi connectivity index (χ0n) is 9.51. The molecule has 0 amide bonds. The molecule has 0 saturated carbocycles. The highest BCUT2D eigenvalue weighted by Gasteiger charge is 2.35. The number of benzene rings is 1. The van der Waals surface area contributed by atoms with Crippen LogP contribution in [-0.2, 0) is 10.0 Å². The van der Waals surface area contributed by atoms with Crippen LogP contribution in [-0.4, -0.2) is 37.0 Å². The van der Waals surface area contributed by atoms with Gasteiger partial charge >= 0.3 is 0 Å². The van der Waals surface area contributed by atoms with E-state index in [1.165, 1.54) is 16.4 Å². The van der Waals surface area contributed by atoms with E-state index in [0.717, 1.165) is 6.07 Å². The number of rotatable bonds is 3. The van der Waals surface area contributed by atoms with E-state index in [0.29, 0.717) is 23.9 Å². The van der Waals surface area contributed by atoms with Crippen LogP contribution in [0.3, 0.4) is 0 Å². The summed E-state index contributed by atoms with van der Waals surface area (Å²) in [6, 6.07) is 3.14. The molecule has 1 aliphatic rings. The number of hydrogen-bond acceptors (Lipinski definition) is 3. The van der Waals surface area contributed by atoms with Crippen molar-refractivity contribution in [2.24, 2.45) is 0 Å². The first-order valence-corrected chi connectivity index (χ1v) is 7.78. The lowest BCUT2D eigenvalue weighted by Crippen LogP contribution is -2.37. The van der Waals surface area contributed by atoms with Gasteiger partial charge in [-0.1, -0.05) is 0 Å². The topological polar surface area (TPSA) is 57.6 Å². The van der Waals surface area contributed by atoms with E-state index < -0.39 is 21.9 Å². The third-order valence-corrected chi connectivity index (χ3v) is 5.96. The first-order chi connectivity index (χ1) is 8.46. The van der Waals surface area contributed by atoms with Crippen molar-refractivity contribution in [2.75, 3.05) is 13.2 Å². The number of halogens is 2. The summed E-state index contributed by atoms with van der Waals surface area (Å²) in [5.41, 5.74) is 0. The molecule has 1 saturated heterocycles. The van der Waals surface area contributed by atoms with Gasteiger partial charge < -0.3 is 5.11 Å². The molecule has 18 heavy (non-hydrogen) atoms. The summed E-state index contributed by atoms with van der Waals surface area (Å²) >= 11 is 3.12. The van der Waals surface area contributed by atoms with Gasteiger partial charge in [-0.3, -0.25) is 0 Å². The highest BCUT2D eigenvalue weighted by atomic mass is 79.9. The molecule has 1 aliphatic heterocycles. The smallest absolute Gasteiger partial charge is 0.244 e. The third kappa shape index (κ3) is 2.45. The van der Waals surface area contributed by atoms with Crippen molar-refractivity contribution in [1.82, 2.24) is 4.31 Å². The minimum absolute atomic E-state index is 0.0946. The van der Waals surface area contributed by atoms with Crippen molar-refractivity contribution in [3.8, 4) is 0 Å². The second-order valence-corrected chi connectivity index (χ2v) is 6.88. The highest BCUT2D eigenvalue weighted by Crippen LogP contribution is 2.30. The molecular formula is C11H13BrFNO3S. The third-order valence-electron chi connectivity index (χ3n) is 3.01. The van der Waals surface area contributed by atoms with Crippen LogP contribution >= 0.6 is 15.9 Å². The summed E-state index contributed by atoms with van der Waals surface area (Å²) in [6.45, 7) is 0.142. The molecule has 0 unspecified atom stereocenters. The average Bonchev–Trinajstić information content (AvgIpc) is 2.81. The van der Waals surface area contributed by atoms with Crippen LogP contribution in [0.25, 0.3) is 0 Å². The zero-order valence-corrected chi connectivity index (χ0v) is 11.9. The summed E-state index contributed by atoms with van der Waals surface area (Å²) in [4.78, 5) is -0.0946. The number of hydrogen-bond donors (Lipinski definition) is 1. The number of nitrogens with zero attached hydrogens (tertiary/aromatic N) is 1. The van der Waals surface area contributed by atoms with Crippen molar-refractivity contribution in [2.45, 2.75) is 23.8 Å². The largest absolute Gasteiger partial charge is 0.395 e. The Morgan fingerprint density at radius 1 is 1.50 bits per heavy atom. The normalized spacial score (nSPS) is 21.4. The molecule has 2 rings (SSSR count). The van der Waals surface area contributed by atoms with E-state index in [4.69, 9.17) is 0 Å². The van der Waals surface area contributed by atoms with Crippen molar-refractivity contribution < 1.29 is 17.9 Å². The Balaban J connectivity index is 2.45. The van der Waals surface area contributed by atoms with Gasteiger partial charge in [-0.15, -0.1) is 0 Å². The monoisotopic (exact) mass is 337 g/mol. The van der Waals surface area contributed by atoms with Crippen molar-refractivity contribution in [3.63, 3.8) is 0 Å². The summed E-state index contributed by atoms with van der Waals surface area (Å²) in [5, 5.41) is 9.18. The van der Waals surface area contributed by atoms with Gasteiger partial charge in [-0.25, -0.2) is 12.8 Å². The lowest BCUT2D eigenvalue weighted by Gasteiger charge is -2.23. The molecule has 100 valence electrons. The minimum atomic E-state index is -3.77. The molecule has 4 nitrogen and oxygen atoms in total. The fourth-order valence-electron chi connectivity index (χ4n) is 2.11. The Morgan fingerprint density at radius 2 is 2.22 bits per heavy atom. The van der Waals surface area contributed by atoms with E-state index >= 15 is 0 Å². The zero-order chi connectivity index (χ0) is 13.3. The van der Waals surface area contributed by atoms with Gasteiger partial charge in [0.25, 0.3) is 0 Å². The summed E-state index contributed by atoms with van der Waals surface area (Å²) in [5.74, 6) is -0.600. The van der Waals surface area contributed by atoms with E-state index in [1.54, 1.807) is 0 Å². The van der Waals surface area contributed by atoms with Crippen molar-refractivity contribution in [1.29, 1.82) is 0 Å². The second kappa shape index (κ2) is 5.24. The maximum atomic E-state index is 13.2. The molecule has 1 N–H and O–H groups in total. The number of sulfonamides is 1. The molecule has 0 radical (unpaired) electrons. The molecule has 1 heterocycles. The van der Waals surface area contributed by atoms with Gasteiger partial charge in [0, 0.05) is 17.1 Å².